The third-order valence-corrected chi connectivity index (χ3v) is 5.16. The van der Waals surface area contributed by atoms with Crippen molar-refractivity contribution in [2.24, 2.45) is 5.92 Å². The summed E-state index contributed by atoms with van der Waals surface area (Å²) in [5.41, 5.74) is 2.76. The third kappa shape index (κ3) is 3.21. The predicted molar refractivity (Wildman–Crippen MR) is 94.1 cm³/mol. The quantitative estimate of drug-likeness (QED) is 0.900. The van der Waals surface area contributed by atoms with E-state index in [1.54, 1.807) is 6.33 Å². The topological polar surface area (TPSA) is 65.4 Å². The molecule has 0 amide bonds. The Morgan fingerprint density at radius 2 is 2.08 bits per heavy atom. The number of anilines is 1. The minimum Gasteiger partial charge on any atom is -0.396 e. The van der Waals surface area contributed by atoms with E-state index >= 15 is 0 Å². The van der Waals surface area contributed by atoms with Gasteiger partial charge in [-0.1, -0.05) is 0 Å². The normalized spacial score (nSPS) is 22.2. The van der Waals surface area contributed by atoms with Gasteiger partial charge in [-0.25, -0.2) is 15.0 Å². The van der Waals surface area contributed by atoms with Crippen molar-refractivity contribution in [3.05, 3.63) is 24.2 Å². The molecule has 2 aromatic rings. The lowest BCUT2D eigenvalue weighted by molar-refractivity contribution is 0.137. The van der Waals surface area contributed by atoms with Crippen LogP contribution >= 0.6 is 0 Å². The van der Waals surface area contributed by atoms with Crippen molar-refractivity contribution < 1.29 is 5.11 Å². The molecule has 2 aromatic heterocycles. The summed E-state index contributed by atoms with van der Waals surface area (Å²) in [7, 11) is 0. The van der Waals surface area contributed by atoms with Gasteiger partial charge in [-0.05, 0) is 44.2 Å². The van der Waals surface area contributed by atoms with Gasteiger partial charge in [0, 0.05) is 44.5 Å². The summed E-state index contributed by atoms with van der Waals surface area (Å²) in [6, 6.07) is 4.39. The van der Waals surface area contributed by atoms with Gasteiger partial charge in [0.15, 0.2) is 5.82 Å². The number of aromatic nitrogens is 3. The second-order valence-electron chi connectivity index (χ2n) is 7.07. The van der Waals surface area contributed by atoms with Gasteiger partial charge in [-0.15, -0.1) is 0 Å². The van der Waals surface area contributed by atoms with Gasteiger partial charge < -0.3 is 10.0 Å². The van der Waals surface area contributed by atoms with Gasteiger partial charge in [-0.2, -0.15) is 0 Å². The molecule has 2 fully saturated rings. The van der Waals surface area contributed by atoms with Gasteiger partial charge in [0.05, 0.1) is 5.52 Å². The van der Waals surface area contributed by atoms with Crippen LogP contribution in [-0.4, -0.2) is 63.8 Å². The van der Waals surface area contributed by atoms with Gasteiger partial charge in [-0.3, -0.25) is 4.90 Å². The number of hydrogen-bond acceptors (Lipinski definition) is 6. The Morgan fingerprint density at radius 1 is 1.21 bits per heavy atom. The van der Waals surface area contributed by atoms with Crippen LogP contribution in [0, 0.1) is 12.8 Å². The Bertz CT molecular complexity index is 718. The van der Waals surface area contributed by atoms with Crippen molar-refractivity contribution >= 4 is 16.9 Å². The van der Waals surface area contributed by atoms with Crippen LogP contribution in [0.5, 0.6) is 0 Å². The summed E-state index contributed by atoms with van der Waals surface area (Å²) < 4.78 is 0. The summed E-state index contributed by atoms with van der Waals surface area (Å²) in [6.45, 7) is 6.30. The lowest BCUT2D eigenvalue weighted by Crippen LogP contribution is -2.54. The van der Waals surface area contributed by atoms with E-state index in [0.29, 0.717) is 6.04 Å². The van der Waals surface area contributed by atoms with E-state index in [1.807, 2.05) is 19.1 Å². The first kappa shape index (κ1) is 15.7. The molecule has 6 heteroatoms. The summed E-state index contributed by atoms with van der Waals surface area (Å²) in [6.07, 6.45) is 5.18. The fourth-order valence-electron chi connectivity index (χ4n) is 3.64. The fraction of sp³-hybridized carbons (Fsp3) is 0.611. The minimum absolute atomic E-state index is 0.238. The number of nitrogens with zero attached hydrogens (tertiary/aromatic N) is 5. The average Bonchev–Trinajstić information content (AvgIpc) is 3.40. The zero-order valence-electron chi connectivity index (χ0n) is 14.2. The van der Waals surface area contributed by atoms with Gasteiger partial charge >= 0.3 is 0 Å². The minimum atomic E-state index is 0.238. The molecule has 3 heterocycles. The highest BCUT2D eigenvalue weighted by molar-refractivity contribution is 5.85. The van der Waals surface area contributed by atoms with Crippen molar-refractivity contribution in [1.29, 1.82) is 0 Å². The van der Waals surface area contributed by atoms with Crippen molar-refractivity contribution in [2.75, 3.05) is 37.7 Å². The second-order valence-corrected chi connectivity index (χ2v) is 7.07. The van der Waals surface area contributed by atoms with E-state index in [0.717, 1.165) is 54.5 Å². The van der Waals surface area contributed by atoms with Gasteiger partial charge in [0.1, 0.15) is 11.8 Å². The zero-order valence-corrected chi connectivity index (χ0v) is 14.2. The van der Waals surface area contributed by atoms with E-state index in [4.69, 9.17) is 0 Å². The molecule has 128 valence electrons. The number of aliphatic hydroxyl groups is 1. The summed E-state index contributed by atoms with van der Waals surface area (Å²) in [5, 5.41) is 9.47. The highest BCUT2D eigenvalue weighted by Gasteiger charge is 2.32. The Labute approximate surface area is 142 Å². The van der Waals surface area contributed by atoms with Crippen LogP contribution < -0.4 is 4.90 Å². The molecule has 6 nitrogen and oxygen atoms in total. The second kappa shape index (κ2) is 6.61. The molecule has 1 N–H and O–H groups in total. The molecule has 1 aliphatic carbocycles. The monoisotopic (exact) mass is 327 g/mol. The fourth-order valence-corrected chi connectivity index (χ4v) is 3.64. The predicted octanol–water partition coefficient (Wildman–Crippen LogP) is 1.62. The molecule has 1 saturated heterocycles. The third-order valence-electron chi connectivity index (χ3n) is 5.16. The first-order valence-corrected chi connectivity index (χ1v) is 8.93. The van der Waals surface area contributed by atoms with Crippen molar-refractivity contribution in [1.82, 2.24) is 19.9 Å². The van der Waals surface area contributed by atoms with E-state index < -0.39 is 0 Å². The average molecular weight is 327 g/mol. The van der Waals surface area contributed by atoms with Crippen LogP contribution in [0.2, 0.25) is 0 Å². The molecular formula is C18H25N5O. The van der Waals surface area contributed by atoms with Gasteiger partial charge in [0.25, 0.3) is 0 Å². The van der Waals surface area contributed by atoms with Crippen LogP contribution in [0.15, 0.2) is 18.5 Å². The first-order valence-electron chi connectivity index (χ1n) is 8.93. The highest BCUT2D eigenvalue weighted by Crippen LogP contribution is 2.32. The lowest BCUT2D eigenvalue weighted by atomic mass is 10.1. The number of pyridine rings is 1. The van der Waals surface area contributed by atoms with Crippen LogP contribution in [0.25, 0.3) is 11.0 Å². The maximum absolute atomic E-state index is 9.47. The van der Waals surface area contributed by atoms with Gasteiger partial charge in [0.2, 0.25) is 0 Å². The standard InChI is InChI=1S/C18H25N5O/c1-13-2-5-16-17(21-13)18(20-12-19-16)23-8-7-22(10-14-3-4-14)15(11-23)6-9-24/h2,5,12,14-15,24H,3-4,6-11H2,1H3. The maximum atomic E-state index is 9.47. The van der Waals surface area contributed by atoms with E-state index in [-0.39, 0.29) is 6.61 Å². The Kier molecular flexibility index (Phi) is 4.33. The van der Waals surface area contributed by atoms with E-state index in [2.05, 4.69) is 24.8 Å². The number of piperazine rings is 1. The van der Waals surface area contributed by atoms with Crippen molar-refractivity contribution in [3.8, 4) is 0 Å². The summed E-state index contributed by atoms with van der Waals surface area (Å²) in [4.78, 5) is 18.4. The molecule has 1 unspecified atom stereocenters. The number of rotatable bonds is 5. The molecule has 0 spiro atoms. The smallest absolute Gasteiger partial charge is 0.158 e. The highest BCUT2D eigenvalue weighted by atomic mass is 16.3. The Hall–Kier alpha value is -1.79. The molecule has 0 aromatic carbocycles. The largest absolute Gasteiger partial charge is 0.396 e. The Balaban J connectivity index is 1.59. The van der Waals surface area contributed by atoms with E-state index in [1.165, 1.54) is 19.4 Å². The van der Waals surface area contributed by atoms with E-state index in [9.17, 15) is 5.11 Å². The molecule has 1 saturated carbocycles. The lowest BCUT2D eigenvalue weighted by Gasteiger charge is -2.42. The molecule has 1 aliphatic heterocycles. The van der Waals surface area contributed by atoms with Crippen molar-refractivity contribution in [2.45, 2.75) is 32.2 Å². The summed E-state index contributed by atoms with van der Waals surface area (Å²) >= 11 is 0. The molecule has 24 heavy (non-hydrogen) atoms. The van der Waals surface area contributed by atoms with Crippen LogP contribution in [-0.2, 0) is 0 Å². The number of fused-ring (bicyclic) bond motifs is 1. The van der Waals surface area contributed by atoms with Crippen LogP contribution in [0.1, 0.15) is 25.0 Å². The number of aliphatic hydroxyl groups excluding tert-OH is 1. The van der Waals surface area contributed by atoms with Crippen LogP contribution in [0.3, 0.4) is 0 Å². The summed E-state index contributed by atoms with van der Waals surface area (Å²) in [5.74, 6) is 1.81. The molecule has 0 bridgehead atoms. The zero-order chi connectivity index (χ0) is 16.5. The molecule has 1 atom stereocenters. The SMILES string of the molecule is Cc1ccc2ncnc(N3CCN(CC4CC4)C(CCO)C3)c2n1. The molecular weight excluding hydrogens is 302 g/mol. The number of aryl methyl sites for hydroxylation is 1. The molecule has 4 rings (SSSR count). The number of hydrogen-bond donors (Lipinski definition) is 1. The van der Waals surface area contributed by atoms with Crippen molar-refractivity contribution in [3.63, 3.8) is 0 Å². The first-order chi connectivity index (χ1) is 11.7. The molecule has 2 aliphatic rings. The molecule has 0 radical (unpaired) electrons. The Morgan fingerprint density at radius 3 is 2.88 bits per heavy atom. The van der Waals surface area contributed by atoms with Crippen LogP contribution in [0.4, 0.5) is 5.82 Å². The maximum Gasteiger partial charge on any atom is 0.158 e.